The number of hydrogen-bond acceptors (Lipinski definition) is 4. The van der Waals surface area contributed by atoms with Gasteiger partial charge in [0.15, 0.2) is 0 Å². The number of aryl methyl sites for hydroxylation is 1. The molecule has 0 radical (unpaired) electrons. The first-order chi connectivity index (χ1) is 8.72. The number of aromatic nitrogens is 4. The maximum atomic E-state index is 5.16. The molecule has 6 nitrogen and oxygen atoms in total. The highest BCUT2D eigenvalue weighted by atomic mass is 16.5. The Balaban J connectivity index is 2.02. The second-order valence-electron chi connectivity index (χ2n) is 4.27. The summed E-state index contributed by atoms with van der Waals surface area (Å²) >= 11 is 0. The Morgan fingerprint density at radius 3 is 2.78 bits per heavy atom. The van der Waals surface area contributed by atoms with E-state index in [2.05, 4.69) is 26.8 Å². The molecule has 0 aromatic carbocycles. The van der Waals surface area contributed by atoms with Gasteiger partial charge in [-0.2, -0.15) is 0 Å². The van der Waals surface area contributed by atoms with Gasteiger partial charge in [-0.1, -0.05) is 0 Å². The van der Waals surface area contributed by atoms with Crippen LogP contribution in [-0.4, -0.2) is 32.8 Å². The third-order valence-corrected chi connectivity index (χ3v) is 2.88. The molecule has 6 heteroatoms. The fourth-order valence-electron chi connectivity index (χ4n) is 1.85. The second kappa shape index (κ2) is 5.68. The molecule has 2 heterocycles. The van der Waals surface area contributed by atoms with E-state index in [-0.39, 0.29) is 6.04 Å². The van der Waals surface area contributed by atoms with Crippen molar-refractivity contribution >= 4 is 5.95 Å². The number of methoxy groups -OCH3 is 1. The summed E-state index contributed by atoms with van der Waals surface area (Å²) in [4.78, 5) is 8.57. The molecule has 2 rings (SSSR count). The van der Waals surface area contributed by atoms with Crippen molar-refractivity contribution in [3.63, 3.8) is 0 Å². The highest BCUT2D eigenvalue weighted by Crippen LogP contribution is 2.14. The molecule has 0 saturated heterocycles. The van der Waals surface area contributed by atoms with E-state index in [0.717, 1.165) is 11.8 Å². The lowest BCUT2D eigenvalue weighted by Crippen LogP contribution is -2.15. The van der Waals surface area contributed by atoms with Crippen molar-refractivity contribution < 1.29 is 4.74 Å². The van der Waals surface area contributed by atoms with E-state index in [9.17, 15) is 0 Å². The van der Waals surface area contributed by atoms with Crippen molar-refractivity contribution in [3.05, 3.63) is 30.6 Å². The number of rotatable bonds is 6. The topological polar surface area (TPSA) is 56.9 Å². The lowest BCUT2D eigenvalue weighted by atomic mass is 10.3. The van der Waals surface area contributed by atoms with E-state index in [1.54, 1.807) is 19.5 Å². The first kappa shape index (κ1) is 12.6. The first-order valence-corrected chi connectivity index (χ1v) is 5.94. The summed E-state index contributed by atoms with van der Waals surface area (Å²) < 4.78 is 9.21. The van der Waals surface area contributed by atoms with Gasteiger partial charge in [-0.15, -0.1) is 0 Å². The van der Waals surface area contributed by atoms with Crippen LogP contribution < -0.4 is 5.32 Å². The molecule has 0 saturated carbocycles. The molecule has 0 amide bonds. The Kier molecular flexibility index (Phi) is 3.99. The minimum atomic E-state index is 0.251. The maximum Gasteiger partial charge on any atom is 0.203 e. The molecule has 0 aliphatic carbocycles. The van der Waals surface area contributed by atoms with Crippen molar-refractivity contribution in [2.75, 3.05) is 19.0 Å². The van der Waals surface area contributed by atoms with Gasteiger partial charge in [0.2, 0.25) is 5.95 Å². The second-order valence-corrected chi connectivity index (χ2v) is 4.27. The van der Waals surface area contributed by atoms with Gasteiger partial charge in [-0.05, 0) is 6.92 Å². The highest BCUT2D eigenvalue weighted by Gasteiger charge is 2.10. The number of nitrogens with one attached hydrogen (secondary N) is 1. The van der Waals surface area contributed by atoms with Crippen molar-refractivity contribution in [2.24, 2.45) is 7.05 Å². The quantitative estimate of drug-likeness (QED) is 0.841. The molecule has 0 aliphatic rings. The predicted molar refractivity (Wildman–Crippen MR) is 69.3 cm³/mol. The molecular weight excluding hydrogens is 230 g/mol. The number of nitrogens with zero attached hydrogens (tertiary/aromatic N) is 4. The molecule has 1 N–H and O–H groups in total. The molecule has 18 heavy (non-hydrogen) atoms. The van der Waals surface area contributed by atoms with Gasteiger partial charge >= 0.3 is 0 Å². The van der Waals surface area contributed by atoms with Crippen LogP contribution in [0.2, 0.25) is 0 Å². The number of ether oxygens (including phenoxy) is 1. The third-order valence-electron chi connectivity index (χ3n) is 2.88. The van der Waals surface area contributed by atoms with Gasteiger partial charge in [0.05, 0.1) is 19.2 Å². The van der Waals surface area contributed by atoms with Crippen LogP contribution in [0.1, 0.15) is 18.8 Å². The summed E-state index contributed by atoms with van der Waals surface area (Å²) in [5.41, 5.74) is 0. The Morgan fingerprint density at radius 1 is 1.33 bits per heavy atom. The zero-order valence-corrected chi connectivity index (χ0v) is 11.0. The van der Waals surface area contributed by atoms with Crippen LogP contribution >= 0.6 is 0 Å². The van der Waals surface area contributed by atoms with Crippen molar-refractivity contribution in [3.8, 4) is 0 Å². The van der Waals surface area contributed by atoms with Crippen LogP contribution in [0, 0.1) is 0 Å². The summed E-state index contributed by atoms with van der Waals surface area (Å²) in [6.07, 6.45) is 7.45. The lowest BCUT2D eigenvalue weighted by Gasteiger charge is -2.16. The van der Waals surface area contributed by atoms with Gasteiger partial charge in [-0.3, -0.25) is 0 Å². The standard InChI is InChI=1S/C12H19N5O/c1-10(9-18-3)17-7-5-14-12(17)15-8-11-13-4-6-16(11)2/h4-7,10H,8-9H2,1-3H3,(H,14,15). The molecule has 2 aromatic heterocycles. The van der Waals surface area contributed by atoms with Crippen LogP contribution in [0.4, 0.5) is 5.95 Å². The molecule has 2 aromatic rings. The minimum absolute atomic E-state index is 0.251. The fraction of sp³-hybridized carbons (Fsp3) is 0.500. The Morgan fingerprint density at radius 2 is 2.11 bits per heavy atom. The molecule has 1 unspecified atom stereocenters. The smallest absolute Gasteiger partial charge is 0.203 e. The van der Waals surface area contributed by atoms with E-state index in [0.29, 0.717) is 13.2 Å². The van der Waals surface area contributed by atoms with Crippen LogP contribution in [0.5, 0.6) is 0 Å². The zero-order chi connectivity index (χ0) is 13.0. The van der Waals surface area contributed by atoms with Gasteiger partial charge in [0.1, 0.15) is 5.82 Å². The van der Waals surface area contributed by atoms with E-state index in [1.807, 2.05) is 24.0 Å². The summed E-state index contributed by atoms with van der Waals surface area (Å²) in [6.45, 7) is 3.41. The first-order valence-electron chi connectivity index (χ1n) is 5.94. The third kappa shape index (κ3) is 2.70. The largest absolute Gasteiger partial charge is 0.383 e. The molecule has 0 aliphatic heterocycles. The lowest BCUT2D eigenvalue weighted by molar-refractivity contribution is 0.163. The van der Waals surface area contributed by atoms with Crippen LogP contribution in [0.3, 0.4) is 0 Å². The summed E-state index contributed by atoms with van der Waals surface area (Å²) in [5.74, 6) is 1.81. The van der Waals surface area contributed by atoms with Crippen molar-refractivity contribution in [1.29, 1.82) is 0 Å². The van der Waals surface area contributed by atoms with Crippen molar-refractivity contribution in [1.82, 2.24) is 19.1 Å². The molecule has 1 atom stereocenters. The number of anilines is 1. The van der Waals surface area contributed by atoms with Crippen LogP contribution in [0.25, 0.3) is 0 Å². The molecule has 0 spiro atoms. The van der Waals surface area contributed by atoms with Crippen LogP contribution in [-0.2, 0) is 18.3 Å². The van der Waals surface area contributed by atoms with Gasteiger partial charge in [0, 0.05) is 38.9 Å². The van der Waals surface area contributed by atoms with E-state index >= 15 is 0 Å². The number of imidazole rings is 2. The summed E-state index contributed by atoms with van der Waals surface area (Å²) in [6, 6.07) is 0.251. The van der Waals surface area contributed by atoms with E-state index < -0.39 is 0 Å². The normalized spacial score (nSPS) is 12.6. The Bertz CT molecular complexity index is 490. The Hall–Kier alpha value is -1.82. The highest BCUT2D eigenvalue weighted by molar-refractivity contribution is 5.27. The van der Waals surface area contributed by atoms with Gasteiger partial charge in [0.25, 0.3) is 0 Å². The summed E-state index contributed by atoms with van der Waals surface area (Å²) in [5, 5.41) is 3.29. The van der Waals surface area contributed by atoms with E-state index in [4.69, 9.17) is 4.74 Å². The van der Waals surface area contributed by atoms with Crippen LogP contribution in [0.15, 0.2) is 24.8 Å². The van der Waals surface area contributed by atoms with Gasteiger partial charge < -0.3 is 19.2 Å². The minimum Gasteiger partial charge on any atom is -0.383 e. The average molecular weight is 249 g/mol. The predicted octanol–water partition coefficient (Wildman–Crippen LogP) is 1.44. The summed E-state index contributed by atoms with van der Waals surface area (Å²) in [7, 11) is 3.68. The molecule has 0 fully saturated rings. The fourth-order valence-corrected chi connectivity index (χ4v) is 1.85. The van der Waals surface area contributed by atoms with Crippen molar-refractivity contribution in [2.45, 2.75) is 19.5 Å². The van der Waals surface area contributed by atoms with E-state index in [1.165, 1.54) is 0 Å². The SMILES string of the molecule is COCC(C)n1ccnc1NCc1nccn1C. The Labute approximate surface area is 107 Å². The maximum absolute atomic E-state index is 5.16. The van der Waals surface area contributed by atoms with Gasteiger partial charge in [-0.25, -0.2) is 9.97 Å². The molecule has 0 bridgehead atoms. The number of hydrogen-bond donors (Lipinski definition) is 1. The molecule has 98 valence electrons. The average Bonchev–Trinajstić information content (AvgIpc) is 2.95. The monoisotopic (exact) mass is 249 g/mol. The zero-order valence-electron chi connectivity index (χ0n) is 11.0. The molecular formula is C12H19N5O.